The summed E-state index contributed by atoms with van der Waals surface area (Å²) in [7, 11) is 0. The number of fused-ring (bicyclic) bond motifs is 9. The Morgan fingerprint density at radius 2 is 0.914 bits per heavy atom. The fraction of sp³-hybridized carbons (Fsp3) is 0.368. The van der Waals surface area contributed by atoms with Gasteiger partial charge >= 0.3 is 0 Å². The fourth-order valence-corrected chi connectivity index (χ4v) is 16.1. The Morgan fingerprint density at radius 3 is 1.51 bits per heavy atom. The molecule has 9 aromatic rings. The van der Waals surface area contributed by atoms with Gasteiger partial charge in [-0.1, -0.05) is 178 Å². The van der Waals surface area contributed by atoms with Crippen molar-refractivity contribution in [2.45, 2.75) is 182 Å². The summed E-state index contributed by atoms with van der Waals surface area (Å²) in [5, 5.41) is 2.61. The lowest BCUT2D eigenvalue weighted by atomic mass is 9.33. The first-order chi connectivity index (χ1) is 37.9. The average molecular weight is 1080 g/mol. The fourth-order valence-electron chi connectivity index (χ4n) is 15.0. The van der Waals surface area contributed by atoms with Crippen molar-refractivity contribution in [1.29, 1.82) is 0 Å². The van der Waals surface area contributed by atoms with E-state index in [0.29, 0.717) is 0 Å². The maximum Gasteiger partial charge on any atom is 0.252 e. The summed E-state index contributed by atoms with van der Waals surface area (Å²) in [5.41, 5.74) is 26.4. The maximum absolute atomic E-state index is 2.76. The highest BCUT2D eigenvalue weighted by Crippen LogP contribution is 2.56. The molecule has 8 aromatic carbocycles. The molecule has 0 unspecified atom stereocenters. The van der Waals surface area contributed by atoms with Gasteiger partial charge < -0.3 is 14.7 Å². The van der Waals surface area contributed by atoms with E-state index >= 15 is 0 Å². The molecular weight excluding hydrogens is 998 g/mol. The Labute approximate surface area is 489 Å². The van der Waals surface area contributed by atoms with Gasteiger partial charge in [0.05, 0.1) is 0 Å². The van der Waals surface area contributed by atoms with Crippen LogP contribution in [0.25, 0.3) is 20.2 Å². The molecular formula is C76H84BN3S. The molecule has 0 radical (unpaired) electrons. The Bertz CT molecular complexity index is 3990. The minimum absolute atomic E-state index is 0.0146. The molecule has 3 nitrogen and oxygen atoms in total. The first-order valence-electron chi connectivity index (χ1n) is 30.1. The van der Waals surface area contributed by atoms with Gasteiger partial charge in [0.15, 0.2) is 0 Å². The maximum atomic E-state index is 2.76. The Hall–Kier alpha value is -6.56. The second kappa shape index (κ2) is 17.7. The molecule has 5 heteroatoms. The predicted octanol–water partition coefficient (Wildman–Crippen LogP) is 20.1. The summed E-state index contributed by atoms with van der Waals surface area (Å²) in [6, 6.07) is 58.2. The van der Waals surface area contributed by atoms with Gasteiger partial charge in [-0.25, -0.2) is 0 Å². The Kier molecular flexibility index (Phi) is 11.8. The van der Waals surface area contributed by atoms with E-state index in [1.165, 1.54) is 115 Å². The van der Waals surface area contributed by atoms with Crippen LogP contribution >= 0.6 is 11.3 Å². The van der Waals surface area contributed by atoms with Crippen molar-refractivity contribution in [3.8, 4) is 0 Å². The van der Waals surface area contributed by atoms with Crippen molar-refractivity contribution < 1.29 is 0 Å². The van der Waals surface area contributed by atoms with Crippen LogP contribution < -0.4 is 31.1 Å². The standard InChI is InChI=1S/C76H84BN3S/c1-46-37-56-59(76(17,18)45-75(56,15)16)43-62(46)80-64-44-58-57(73(11,12)35-36-74(58,13)14)42-61(64)77-60-33-31-53(78(50-27-23-47(24-28-50)70(2,3)4)51-29-25-48(26-30-51)71(5,6)7)41-63(60)79(65-38-49(72(8,9)10)39-66(80)69(65)77)52-32-34-68-55(40-52)54-21-19-20-22-67(54)81-68/h19-34,37-44H,35-36,45H2,1-18H3. The number of benzene rings is 8. The number of anilines is 9. The van der Waals surface area contributed by atoms with Gasteiger partial charge in [-0.2, -0.15) is 0 Å². The zero-order chi connectivity index (χ0) is 57.5. The third-order valence-electron chi connectivity index (χ3n) is 19.7. The lowest BCUT2D eigenvalue weighted by molar-refractivity contribution is 0.332. The van der Waals surface area contributed by atoms with Crippen molar-refractivity contribution >= 4 is 106 Å². The Morgan fingerprint density at radius 1 is 0.420 bits per heavy atom. The predicted molar refractivity (Wildman–Crippen MR) is 355 cm³/mol. The second-order valence-corrected chi connectivity index (χ2v) is 31.7. The lowest BCUT2D eigenvalue weighted by Gasteiger charge is -2.48. The van der Waals surface area contributed by atoms with Crippen LogP contribution in [0.3, 0.4) is 0 Å². The molecule has 81 heavy (non-hydrogen) atoms. The van der Waals surface area contributed by atoms with Gasteiger partial charge in [0.2, 0.25) is 0 Å². The number of rotatable bonds is 5. The van der Waals surface area contributed by atoms with E-state index in [1.54, 1.807) is 0 Å². The highest BCUT2D eigenvalue weighted by atomic mass is 32.1. The topological polar surface area (TPSA) is 9.72 Å². The highest BCUT2D eigenvalue weighted by molar-refractivity contribution is 7.25. The number of nitrogens with zero attached hydrogens (tertiary/aromatic N) is 3. The van der Waals surface area contributed by atoms with Crippen molar-refractivity contribution in [3.05, 3.63) is 190 Å². The van der Waals surface area contributed by atoms with Crippen LogP contribution in [0.4, 0.5) is 51.2 Å². The van der Waals surface area contributed by atoms with Crippen LogP contribution in [0.2, 0.25) is 0 Å². The van der Waals surface area contributed by atoms with Crippen LogP contribution in [0.5, 0.6) is 0 Å². The van der Waals surface area contributed by atoms with Crippen LogP contribution in [-0.2, 0) is 37.9 Å². The third-order valence-corrected chi connectivity index (χ3v) is 20.8. The summed E-state index contributed by atoms with van der Waals surface area (Å²) in [5.74, 6) is 0. The summed E-state index contributed by atoms with van der Waals surface area (Å²) < 4.78 is 2.63. The summed E-state index contributed by atoms with van der Waals surface area (Å²) >= 11 is 1.89. The molecule has 0 saturated carbocycles. The third kappa shape index (κ3) is 8.55. The molecule has 0 spiro atoms. The molecule has 13 rings (SSSR count). The highest BCUT2D eigenvalue weighted by Gasteiger charge is 2.49. The van der Waals surface area contributed by atoms with Gasteiger partial charge in [0.25, 0.3) is 6.71 Å². The quantitative estimate of drug-likeness (QED) is 0.159. The zero-order valence-corrected chi connectivity index (χ0v) is 52.6. The molecule has 0 bridgehead atoms. The molecule has 0 amide bonds. The first-order valence-corrected chi connectivity index (χ1v) is 30.9. The van der Waals surface area contributed by atoms with Crippen LogP contribution in [0.1, 0.15) is 181 Å². The molecule has 0 N–H and O–H groups in total. The van der Waals surface area contributed by atoms with E-state index in [4.69, 9.17) is 0 Å². The zero-order valence-electron chi connectivity index (χ0n) is 51.8. The van der Waals surface area contributed by atoms with E-state index in [0.717, 1.165) is 36.3 Å². The van der Waals surface area contributed by atoms with Crippen LogP contribution in [0, 0.1) is 6.92 Å². The molecule has 3 heterocycles. The van der Waals surface area contributed by atoms with Gasteiger partial charge in [-0.15, -0.1) is 11.3 Å². The van der Waals surface area contributed by atoms with E-state index in [9.17, 15) is 0 Å². The second-order valence-electron chi connectivity index (χ2n) is 30.6. The minimum Gasteiger partial charge on any atom is -0.311 e. The molecule has 1 aromatic heterocycles. The molecule has 2 aliphatic heterocycles. The smallest absolute Gasteiger partial charge is 0.252 e. The summed E-state index contributed by atoms with van der Waals surface area (Å²) in [4.78, 5) is 7.93. The number of hydrogen-bond donors (Lipinski definition) is 0. The van der Waals surface area contributed by atoms with E-state index in [1.807, 2.05) is 11.3 Å². The van der Waals surface area contributed by atoms with Gasteiger partial charge in [0.1, 0.15) is 0 Å². The van der Waals surface area contributed by atoms with Gasteiger partial charge in [-0.05, 0) is 210 Å². The lowest BCUT2D eigenvalue weighted by Crippen LogP contribution is -2.62. The normalized spacial score (nSPS) is 17.4. The average Bonchev–Trinajstić information content (AvgIpc) is 4.02. The SMILES string of the molecule is Cc1cc2c(cc1N1c3cc4c(cc3B3c5ccc(N(c6ccc(C(C)(C)C)cc6)c6ccc(C(C)(C)C)cc6)cc5N(c5ccc6sc7ccccc7c6c5)c5cc(C(C)(C)C)cc1c53)C(C)(C)CCC4(C)C)C(C)(C)CC2(C)C. The van der Waals surface area contributed by atoms with E-state index in [-0.39, 0.29) is 44.6 Å². The molecule has 0 atom stereocenters. The molecule has 0 saturated heterocycles. The largest absolute Gasteiger partial charge is 0.311 e. The molecule has 4 aliphatic rings. The van der Waals surface area contributed by atoms with Crippen molar-refractivity contribution in [1.82, 2.24) is 0 Å². The van der Waals surface area contributed by atoms with Gasteiger partial charge in [0, 0.05) is 71.4 Å². The first kappa shape index (κ1) is 53.7. The van der Waals surface area contributed by atoms with Crippen molar-refractivity contribution in [3.63, 3.8) is 0 Å². The van der Waals surface area contributed by atoms with Crippen LogP contribution in [0.15, 0.2) is 146 Å². The summed E-state index contributed by atoms with van der Waals surface area (Å²) in [6.45, 7) is 43.3. The van der Waals surface area contributed by atoms with E-state index in [2.05, 4.69) is 285 Å². The monoisotopic (exact) mass is 1080 g/mol. The molecule has 0 fully saturated rings. The van der Waals surface area contributed by atoms with Crippen molar-refractivity contribution in [2.75, 3.05) is 14.7 Å². The molecule has 2 aliphatic carbocycles. The van der Waals surface area contributed by atoms with Gasteiger partial charge in [-0.3, -0.25) is 0 Å². The minimum atomic E-state index is -0.162. The Balaban J connectivity index is 1.15. The van der Waals surface area contributed by atoms with Crippen molar-refractivity contribution in [2.24, 2.45) is 0 Å². The number of thiophene rings is 1. The van der Waals surface area contributed by atoms with Crippen LogP contribution in [-0.4, -0.2) is 6.71 Å². The molecule has 412 valence electrons. The van der Waals surface area contributed by atoms with E-state index < -0.39 is 0 Å². The summed E-state index contributed by atoms with van der Waals surface area (Å²) in [6.07, 6.45) is 3.44. The number of hydrogen-bond acceptors (Lipinski definition) is 4. The number of aryl methyl sites for hydroxylation is 1.